The third kappa shape index (κ3) is 3.48. The molecule has 1 atom stereocenters. The van der Waals surface area contributed by atoms with Crippen LogP contribution in [0, 0.1) is 0 Å². The van der Waals surface area contributed by atoms with Gasteiger partial charge in [-0.05, 0) is 39.7 Å². The Labute approximate surface area is 119 Å². The molecule has 0 saturated carbocycles. The molecule has 2 aromatic rings. The average molecular weight is 328 g/mol. The minimum Gasteiger partial charge on any atom is -0.489 e. The van der Waals surface area contributed by atoms with Crippen molar-refractivity contribution in [2.45, 2.75) is 6.10 Å². The quantitative estimate of drug-likeness (QED) is 0.911. The van der Waals surface area contributed by atoms with Gasteiger partial charge in [-0.3, -0.25) is 0 Å². The van der Waals surface area contributed by atoms with Gasteiger partial charge < -0.3 is 9.84 Å². The van der Waals surface area contributed by atoms with Gasteiger partial charge in [0, 0.05) is 5.02 Å². The maximum atomic E-state index is 9.96. The van der Waals surface area contributed by atoms with E-state index in [-0.39, 0.29) is 6.61 Å². The van der Waals surface area contributed by atoms with Gasteiger partial charge in [0.15, 0.2) is 0 Å². The molecule has 0 amide bonds. The van der Waals surface area contributed by atoms with Crippen molar-refractivity contribution in [3.05, 3.63) is 63.6 Å². The zero-order valence-electron chi connectivity index (χ0n) is 9.51. The molecule has 2 aromatic carbocycles. The van der Waals surface area contributed by atoms with E-state index in [0.717, 1.165) is 10.0 Å². The van der Waals surface area contributed by atoms with Crippen molar-refractivity contribution in [1.29, 1.82) is 0 Å². The summed E-state index contributed by atoms with van der Waals surface area (Å²) in [5.41, 5.74) is 0.836. The zero-order valence-corrected chi connectivity index (χ0v) is 11.9. The third-order valence-electron chi connectivity index (χ3n) is 2.47. The molecule has 0 bridgehead atoms. The van der Waals surface area contributed by atoms with Crippen molar-refractivity contribution in [3.63, 3.8) is 0 Å². The van der Waals surface area contributed by atoms with E-state index in [9.17, 15) is 5.11 Å². The molecule has 0 aliphatic carbocycles. The van der Waals surface area contributed by atoms with Crippen LogP contribution in [0.5, 0.6) is 5.75 Å². The van der Waals surface area contributed by atoms with E-state index in [1.54, 1.807) is 18.2 Å². The Morgan fingerprint density at radius 3 is 2.56 bits per heavy atom. The van der Waals surface area contributed by atoms with Gasteiger partial charge in [0.2, 0.25) is 0 Å². The van der Waals surface area contributed by atoms with Gasteiger partial charge in [0.1, 0.15) is 18.5 Å². The first-order valence-electron chi connectivity index (χ1n) is 5.47. The second-order valence-electron chi connectivity index (χ2n) is 3.81. The normalized spacial score (nSPS) is 12.2. The molecule has 1 unspecified atom stereocenters. The Morgan fingerprint density at radius 2 is 1.89 bits per heavy atom. The molecular weight excluding hydrogens is 316 g/mol. The smallest absolute Gasteiger partial charge is 0.133 e. The lowest BCUT2D eigenvalue weighted by molar-refractivity contribution is 0.108. The molecule has 0 fully saturated rings. The number of ether oxygens (including phenoxy) is 1. The van der Waals surface area contributed by atoms with Crippen LogP contribution in [-0.4, -0.2) is 11.7 Å². The average Bonchev–Trinajstić information content (AvgIpc) is 2.38. The number of rotatable bonds is 4. The summed E-state index contributed by atoms with van der Waals surface area (Å²) in [6.45, 7) is 0.199. The lowest BCUT2D eigenvalue weighted by atomic mass is 10.1. The molecule has 0 aromatic heterocycles. The highest BCUT2D eigenvalue weighted by atomic mass is 79.9. The molecule has 1 N–H and O–H groups in total. The molecule has 0 spiro atoms. The van der Waals surface area contributed by atoms with Gasteiger partial charge in [-0.1, -0.05) is 41.9 Å². The largest absolute Gasteiger partial charge is 0.489 e. The maximum absolute atomic E-state index is 9.96. The molecule has 18 heavy (non-hydrogen) atoms. The zero-order chi connectivity index (χ0) is 13.0. The van der Waals surface area contributed by atoms with Crippen LogP contribution in [0.25, 0.3) is 0 Å². The molecule has 0 saturated heterocycles. The predicted octanol–water partition coefficient (Wildman–Crippen LogP) is 4.21. The van der Waals surface area contributed by atoms with Crippen molar-refractivity contribution in [2.75, 3.05) is 6.61 Å². The van der Waals surface area contributed by atoms with E-state index in [0.29, 0.717) is 10.8 Å². The van der Waals surface area contributed by atoms with Crippen LogP contribution in [0.4, 0.5) is 0 Å². The van der Waals surface area contributed by atoms with Crippen LogP contribution >= 0.6 is 27.5 Å². The highest BCUT2D eigenvalue weighted by Gasteiger charge is 2.09. The minimum absolute atomic E-state index is 0.199. The summed E-state index contributed by atoms with van der Waals surface area (Å²) < 4.78 is 6.33. The maximum Gasteiger partial charge on any atom is 0.133 e. The van der Waals surface area contributed by atoms with Crippen molar-refractivity contribution in [3.8, 4) is 5.75 Å². The summed E-state index contributed by atoms with van der Waals surface area (Å²) in [5.74, 6) is 0.661. The Morgan fingerprint density at radius 1 is 1.17 bits per heavy atom. The van der Waals surface area contributed by atoms with Crippen molar-refractivity contribution >= 4 is 27.5 Å². The van der Waals surface area contributed by atoms with Gasteiger partial charge in [0.05, 0.1) is 4.47 Å². The van der Waals surface area contributed by atoms with Crippen LogP contribution in [0.1, 0.15) is 11.7 Å². The molecule has 0 aliphatic heterocycles. The molecule has 0 radical (unpaired) electrons. The fourth-order valence-corrected chi connectivity index (χ4v) is 2.33. The highest BCUT2D eigenvalue weighted by Crippen LogP contribution is 2.28. The summed E-state index contributed by atoms with van der Waals surface area (Å²) in [5, 5.41) is 10.6. The van der Waals surface area contributed by atoms with Crippen LogP contribution in [-0.2, 0) is 0 Å². The monoisotopic (exact) mass is 326 g/mol. The Bertz CT molecular complexity index is 516. The molecule has 4 heteroatoms. The molecule has 0 heterocycles. The standard InChI is InChI=1S/C14H12BrClO2/c15-12-8-11(16)6-7-14(12)18-9-13(17)10-4-2-1-3-5-10/h1-8,13,17H,9H2. The van der Waals surface area contributed by atoms with Crippen LogP contribution < -0.4 is 4.74 Å². The summed E-state index contributed by atoms with van der Waals surface area (Å²) in [6.07, 6.45) is -0.645. The van der Waals surface area contributed by atoms with Gasteiger partial charge in [-0.2, -0.15) is 0 Å². The number of hydrogen-bond acceptors (Lipinski definition) is 2. The summed E-state index contributed by atoms with van der Waals surface area (Å²) >= 11 is 9.20. The van der Waals surface area contributed by atoms with Crippen LogP contribution in [0.3, 0.4) is 0 Å². The van der Waals surface area contributed by atoms with Gasteiger partial charge in [-0.15, -0.1) is 0 Å². The van der Waals surface area contributed by atoms with E-state index in [1.807, 2.05) is 30.3 Å². The fourth-order valence-electron chi connectivity index (χ4n) is 1.53. The Kier molecular flexibility index (Phi) is 4.64. The number of halogens is 2. The second kappa shape index (κ2) is 6.23. The first kappa shape index (κ1) is 13.4. The van der Waals surface area contributed by atoms with Crippen molar-refractivity contribution in [1.82, 2.24) is 0 Å². The van der Waals surface area contributed by atoms with Gasteiger partial charge in [0.25, 0.3) is 0 Å². The Hall–Kier alpha value is -1.03. The number of aliphatic hydroxyl groups is 1. The van der Waals surface area contributed by atoms with E-state index in [1.165, 1.54) is 0 Å². The lowest BCUT2D eigenvalue weighted by Crippen LogP contribution is -2.09. The number of aliphatic hydroxyl groups excluding tert-OH is 1. The minimum atomic E-state index is -0.645. The van der Waals surface area contributed by atoms with E-state index >= 15 is 0 Å². The predicted molar refractivity (Wildman–Crippen MR) is 76.0 cm³/mol. The molecule has 2 nitrogen and oxygen atoms in total. The van der Waals surface area contributed by atoms with Crippen molar-refractivity contribution < 1.29 is 9.84 Å². The summed E-state index contributed by atoms with van der Waals surface area (Å²) in [4.78, 5) is 0. The second-order valence-corrected chi connectivity index (χ2v) is 5.10. The van der Waals surface area contributed by atoms with Gasteiger partial charge >= 0.3 is 0 Å². The summed E-state index contributed by atoms with van der Waals surface area (Å²) in [6, 6.07) is 14.7. The fraction of sp³-hybridized carbons (Fsp3) is 0.143. The molecule has 94 valence electrons. The number of benzene rings is 2. The van der Waals surface area contributed by atoms with Crippen LogP contribution in [0.2, 0.25) is 5.02 Å². The lowest BCUT2D eigenvalue weighted by Gasteiger charge is -2.13. The molecular formula is C14H12BrClO2. The number of hydrogen-bond donors (Lipinski definition) is 1. The SMILES string of the molecule is OC(COc1ccc(Cl)cc1Br)c1ccccc1. The topological polar surface area (TPSA) is 29.5 Å². The summed E-state index contributed by atoms with van der Waals surface area (Å²) in [7, 11) is 0. The van der Waals surface area contributed by atoms with Crippen LogP contribution in [0.15, 0.2) is 53.0 Å². The Balaban J connectivity index is 1.99. The van der Waals surface area contributed by atoms with E-state index < -0.39 is 6.10 Å². The first-order chi connectivity index (χ1) is 8.66. The van der Waals surface area contributed by atoms with Gasteiger partial charge in [-0.25, -0.2) is 0 Å². The molecule has 2 rings (SSSR count). The highest BCUT2D eigenvalue weighted by molar-refractivity contribution is 9.10. The first-order valence-corrected chi connectivity index (χ1v) is 6.65. The van der Waals surface area contributed by atoms with E-state index in [2.05, 4.69) is 15.9 Å². The van der Waals surface area contributed by atoms with E-state index in [4.69, 9.17) is 16.3 Å². The third-order valence-corrected chi connectivity index (χ3v) is 3.33. The van der Waals surface area contributed by atoms with Crippen molar-refractivity contribution in [2.24, 2.45) is 0 Å². The molecule has 0 aliphatic rings.